The smallest absolute Gasteiger partial charge is 0.338 e. The standard InChI is InChI=1S/C44H49N5O5/c1-5-8-9-13-22-38(30-17-11-10-12-18-30)49-41(46-35-21-15-14-20-34(35)43(49)51)40(45-33-24-25-37-31(28-33)19-16-27-48(37)6-2)42(50)47-36-29-32(44(52)54-7-3)23-26-39(36)53-4/h10-12,14-15,17-18,20-21,23-26,28-29,38H,5-9,13,16,19,22,27H2,1-4H3,(H,47,50)/b45-40+. The van der Waals surface area contributed by atoms with Crippen LogP contribution in [0.5, 0.6) is 5.75 Å². The first-order valence-corrected chi connectivity index (χ1v) is 19.1. The number of esters is 1. The highest BCUT2D eigenvalue weighted by Crippen LogP contribution is 2.33. The number of hydrogen-bond acceptors (Lipinski definition) is 8. The summed E-state index contributed by atoms with van der Waals surface area (Å²) < 4.78 is 12.5. The van der Waals surface area contributed by atoms with E-state index in [2.05, 4.69) is 30.1 Å². The van der Waals surface area contributed by atoms with Crippen LogP contribution in [0.2, 0.25) is 0 Å². The fourth-order valence-electron chi connectivity index (χ4n) is 7.21. The van der Waals surface area contributed by atoms with Crippen molar-refractivity contribution in [3.05, 3.63) is 124 Å². The third-order valence-corrected chi connectivity index (χ3v) is 9.92. The zero-order valence-corrected chi connectivity index (χ0v) is 31.6. The van der Waals surface area contributed by atoms with Crippen molar-refractivity contribution in [2.75, 3.05) is 37.0 Å². The van der Waals surface area contributed by atoms with E-state index in [-0.39, 0.29) is 35.0 Å². The van der Waals surface area contributed by atoms with Crippen LogP contribution < -0.4 is 20.5 Å². The molecule has 1 atom stereocenters. The average molecular weight is 728 g/mol. The molecule has 0 radical (unpaired) electrons. The molecule has 4 aromatic carbocycles. The maximum atomic E-state index is 14.9. The molecule has 0 saturated heterocycles. The lowest BCUT2D eigenvalue weighted by molar-refractivity contribution is -0.110. The Kier molecular flexibility index (Phi) is 12.5. The predicted octanol–water partition coefficient (Wildman–Crippen LogP) is 8.67. The molecule has 0 spiro atoms. The number of anilines is 2. The van der Waals surface area contributed by atoms with E-state index >= 15 is 0 Å². The molecule has 2 heterocycles. The average Bonchev–Trinajstić information content (AvgIpc) is 3.20. The van der Waals surface area contributed by atoms with Crippen LogP contribution in [0, 0.1) is 0 Å². The van der Waals surface area contributed by atoms with Crippen molar-refractivity contribution in [3.8, 4) is 5.75 Å². The Bertz CT molecular complexity index is 2200. The van der Waals surface area contributed by atoms with Crippen LogP contribution in [0.1, 0.15) is 92.6 Å². The Morgan fingerprint density at radius 2 is 1.72 bits per heavy atom. The van der Waals surface area contributed by atoms with Crippen molar-refractivity contribution in [3.63, 3.8) is 0 Å². The third kappa shape index (κ3) is 8.38. The first-order chi connectivity index (χ1) is 26.4. The molecule has 1 N–H and O–H groups in total. The number of benzene rings is 4. The van der Waals surface area contributed by atoms with Crippen molar-refractivity contribution in [2.24, 2.45) is 4.99 Å². The van der Waals surface area contributed by atoms with Crippen LogP contribution >= 0.6 is 0 Å². The number of hydrogen-bond donors (Lipinski definition) is 1. The summed E-state index contributed by atoms with van der Waals surface area (Å²) in [5.41, 5.74) is 4.46. The summed E-state index contributed by atoms with van der Waals surface area (Å²) in [4.78, 5) is 54.8. The molecule has 0 bridgehead atoms. The first-order valence-electron chi connectivity index (χ1n) is 19.1. The molecule has 1 amide bonds. The van der Waals surface area contributed by atoms with Gasteiger partial charge in [-0.15, -0.1) is 0 Å². The zero-order chi connectivity index (χ0) is 38.0. The van der Waals surface area contributed by atoms with E-state index < -0.39 is 17.9 Å². The molecule has 6 rings (SSSR count). The second kappa shape index (κ2) is 17.8. The number of aliphatic imine (C=N–C) groups is 1. The second-order valence-corrected chi connectivity index (χ2v) is 13.4. The number of carbonyl (C=O) groups excluding carboxylic acids is 2. The molecule has 0 aliphatic carbocycles. The maximum Gasteiger partial charge on any atom is 0.338 e. The molecule has 0 saturated carbocycles. The molecular weight excluding hydrogens is 679 g/mol. The van der Waals surface area contributed by atoms with E-state index in [1.807, 2.05) is 54.6 Å². The maximum absolute atomic E-state index is 14.9. The Balaban J connectivity index is 1.58. The number of amides is 1. The molecule has 280 valence electrons. The van der Waals surface area contributed by atoms with Gasteiger partial charge in [-0.05, 0) is 92.8 Å². The van der Waals surface area contributed by atoms with Gasteiger partial charge in [0, 0.05) is 18.8 Å². The Labute approximate surface area is 316 Å². The van der Waals surface area contributed by atoms with Crippen molar-refractivity contribution in [2.45, 2.75) is 71.8 Å². The lowest BCUT2D eigenvalue weighted by atomic mass is 9.98. The van der Waals surface area contributed by atoms with Gasteiger partial charge in [0.2, 0.25) is 0 Å². The van der Waals surface area contributed by atoms with Crippen molar-refractivity contribution < 1.29 is 19.1 Å². The molecule has 54 heavy (non-hydrogen) atoms. The van der Waals surface area contributed by atoms with E-state index in [0.29, 0.717) is 28.8 Å². The van der Waals surface area contributed by atoms with Gasteiger partial charge < -0.3 is 19.7 Å². The Morgan fingerprint density at radius 1 is 0.926 bits per heavy atom. The lowest BCUT2D eigenvalue weighted by Crippen LogP contribution is -2.36. The van der Waals surface area contributed by atoms with Crippen LogP contribution in [0.25, 0.3) is 10.9 Å². The van der Waals surface area contributed by atoms with E-state index in [0.717, 1.165) is 68.4 Å². The molecule has 10 nitrogen and oxygen atoms in total. The van der Waals surface area contributed by atoms with Crippen molar-refractivity contribution in [1.29, 1.82) is 0 Å². The summed E-state index contributed by atoms with van der Waals surface area (Å²) in [5, 5.41) is 3.42. The van der Waals surface area contributed by atoms with E-state index in [4.69, 9.17) is 19.5 Å². The monoisotopic (exact) mass is 727 g/mol. The van der Waals surface area contributed by atoms with Crippen molar-refractivity contribution in [1.82, 2.24) is 9.55 Å². The number of aryl methyl sites for hydroxylation is 1. The molecular formula is C44H49N5O5. The predicted molar refractivity (Wildman–Crippen MR) is 216 cm³/mol. The molecule has 10 heteroatoms. The number of para-hydroxylation sites is 1. The SMILES string of the molecule is CCCCCCC(c1ccccc1)n1c(/C(=N\c2ccc3c(c2)CCCN3CC)C(=O)Nc2cc(C(=O)OCC)ccc2OC)nc2ccccc2c1=O. The van der Waals surface area contributed by atoms with Crippen LogP contribution in [0.15, 0.2) is 101 Å². The molecule has 5 aromatic rings. The van der Waals surface area contributed by atoms with Gasteiger partial charge in [0.15, 0.2) is 11.5 Å². The quantitative estimate of drug-likeness (QED) is 0.0652. The summed E-state index contributed by atoms with van der Waals surface area (Å²) in [6, 6.07) is 27.4. The lowest BCUT2D eigenvalue weighted by Gasteiger charge is -2.30. The Hall–Kier alpha value is -5.77. The highest BCUT2D eigenvalue weighted by Gasteiger charge is 2.29. The van der Waals surface area contributed by atoms with E-state index in [1.165, 1.54) is 13.2 Å². The fraction of sp³-hybridized carbons (Fsp3) is 0.341. The van der Waals surface area contributed by atoms with Crippen LogP contribution in [0.3, 0.4) is 0 Å². The van der Waals surface area contributed by atoms with Gasteiger partial charge in [0.05, 0.1) is 47.6 Å². The largest absolute Gasteiger partial charge is 0.495 e. The number of unbranched alkanes of at least 4 members (excludes halogenated alkanes) is 3. The van der Waals surface area contributed by atoms with Gasteiger partial charge in [0.1, 0.15) is 5.75 Å². The number of carbonyl (C=O) groups is 2. The highest BCUT2D eigenvalue weighted by molar-refractivity contribution is 6.48. The molecule has 1 unspecified atom stereocenters. The first kappa shape index (κ1) is 38.0. The minimum atomic E-state index is -0.615. The van der Waals surface area contributed by atoms with Crippen LogP contribution in [-0.2, 0) is 16.0 Å². The minimum Gasteiger partial charge on any atom is -0.495 e. The molecule has 0 fully saturated rings. The molecule has 1 aliphatic rings. The number of rotatable bonds is 15. The summed E-state index contributed by atoms with van der Waals surface area (Å²) in [7, 11) is 1.49. The fourth-order valence-corrected chi connectivity index (χ4v) is 7.21. The molecule has 1 aromatic heterocycles. The molecule has 1 aliphatic heterocycles. The number of nitrogens with one attached hydrogen (secondary N) is 1. The Morgan fingerprint density at radius 3 is 2.48 bits per heavy atom. The zero-order valence-electron chi connectivity index (χ0n) is 31.6. The number of ether oxygens (including phenoxy) is 2. The van der Waals surface area contributed by atoms with E-state index in [1.54, 1.807) is 35.8 Å². The van der Waals surface area contributed by atoms with Crippen LogP contribution in [-0.4, -0.2) is 53.9 Å². The number of aromatic nitrogens is 2. The normalized spacial score (nSPS) is 13.3. The summed E-state index contributed by atoms with van der Waals surface area (Å²) in [6.45, 7) is 8.12. The minimum absolute atomic E-state index is 0.0426. The summed E-state index contributed by atoms with van der Waals surface area (Å²) in [5.74, 6) is -0.658. The second-order valence-electron chi connectivity index (χ2n) is 13.4. The van der Waals surface area contributed by atoms with Gasteiger partial charge in [-0.2, -0.15) is 0 Å². The third-order valence-electron chi connectivity index (χ3n) is 9.92. The van der Waals surface area contributed by atoms with E-state index in [9.17, 15) is 14.4 Å². The summed E-state index contributed by atoms with van der Waals surface area (Å²) >= 11 is 0. The summed E-state index contributed by atoms with van der Waals surface area (Å²) in [6.07, 6.45) is 6.60. The van der Waals surface area contributed by atoms with Gasteiger partial charge in [0.25, 0.3) is 11.5 Å². The number of fused-ring (bicyclic) bond motifs is 2. The topological polar surface area (TPSA) is 115 Å². The van der Waals surface area contributed by atoms with Gasteiger partial charge in [-0.25, -0.2) is 14.8 Å². The van der Waals surface area contributed by atoms with Gasteiger partial charge in [-0.3, -0.25) is 14.2 Å². The number of methoxy groups -OCH3 is 1. The van der Waals surface area contributed by atoms with Crippen LogP contribution in [0.4, 0.5) is 17.1 Å². The van der Waals surface area contributed by atoms with Gasteiger partial charge >= 0.3 is 5.97 Å². The number of nitrogens with zero attached hydrogens (tertiary/aromatic N) is 4. The van der Waals surface area contributed by atoms with Gasteiger partial charge in [-0.1, -0.05) is 75.1 Å². The highest BCUT2D eigenvalue weighted by atomic mass is 16.5. The van der Waals surface area contributed by atoms with Crippen molar-refractivity contribution >= 4 is 45.6 Å².